The van der Waals surface area contributed by atoms with Crippen molar-refractivity contribution in [1.29, 1.82) is 0 Å². The Kier molecular flexibility index (Phi) is 8.39. The molecule has 17 heavy (non-hydrogen) atoms. The molecule has 0 aromatic carbocycles. The smallest absolute Gasteiger partial charge is 0.156 e. The zero-order valence-electron chi connectivity index (χ0n) is 11.7. The molecular formula is C16H25O. The Hall–Kier alpha value is -1.11. The number of carbonyl (C=O) groups excluding carboxylic acids is 1. The SMILES string of the molecule is [CH2]C(=O)/C=C(\C)CC/C=C(\C)CCC=C(C)C. The fraction of sp³-hybridized carbons (Fsp3) is 0.500. The maximum absolute atomic E-state index is 10.7. The molecule has 0 atom stereocenters. The van der Waals surface area contributed by atoms with Crippen LogP contribution in [0.25, 0.3) is 0 Å². The molecule has 0 fully saturated rings. The van der Waals surface area contributed by atoms with Crippen molar-refractivity contribution in [2.45, 2.75) is 53.4 Å². The lowest BCUT2D eigenvalue weighted by molar-refractivity contribution is -0.110. The van der Waals surface area contributed by atoms with Gasteiger partial charge in [0.15, 0.2) is 5.78 Å². The standard InChI is InChI=1S/C16H25O/c1-13(2)8-6-9-14(3)10-7-11-15(4)12-16(5)17/h8,10,12H,5-7,9,11H2,1-4H3/b14-10+,15-12+. The van der Waals surface area contributed by atoms with E-state index >= 15 is 0 Å². The average Bonchev–Trinajstić information content (AvgIpc) is 2.15. The number of rotatable bonds is 7. The Balaban J connectivity index is 3.92. The Labute approximate surface area is 106 Å². The third-order valence-electron chi connectivity index (χ3n) is 2.53. The van der Waals surface area contributed by atoms with E-state index in [2.05, 4.69) is 39.8 Å². The van der Waals surface area contributed by atoms with Gasteiger partial charge in [0.2, 0.25) is 0 Å². The molecule has 1 nitrogen and oxygen atoms in total. The summed E-state index contributed by atoms with van der Waals surface area (Å²) in [5.41, 5.74) is 3.92. The molecule has 0 spiro atoms. The third kappa shape index (κ3) is 11.2. The van der Waals surface area contributed by atoms with Gasteiger partial charge in [0.25, 0.3) is 0 Å². The molecule has 0 amide bonds. The normalized spacial score (nSPS) is 12.5. The Morgan fingerprint density at radius 1 is 0.941 bits per heavy atom. The molecular weight excluding hydrogens is 208 g/mol. The van der Waals surface area contributed by atoms with Crippen molar-refractivity contribution in [1.82, 2.24) is 0 Å². The quantitative estimate of drug-likeness (QED) is 0.455. The van der Waals surface area contributed by atoms with E-state index < -0.39 is 0 Å². The number of allylic oxidation sites excluding steroid dienone is 6. The fourth-order valence-electron chi connectivity index (χ4n) is 1.58. The lowest BCUT2D eigenvalue weighted by atomic mass is 10.1. The van der Waals surface area contributed by atoms with Gasteiger partial charge in [-0.3, -0.25) is 4.79 Å². The summed E-state index contributed by atoms with van der Waals surface area (Å²) in [4.78, 5) is 10.7. The first-order valence-corrected chi connectivity index (χ1v) is 6.24. The van der Waals surface area contributed by atoms with Crippen LogP contribution in [0.5, 0.6) is 0 Å². The molecule has 95 valence electrons. The number of hydrogen-bond acceptors (Lipinski definition) is 1. The molecule has 0 aliphatic carbocycles. The van der Waals surface area contributed by atoms with E-state index in [1.807, 2.05) is 6.92 Å². The minimum Gasteiger partial charge on any atom is -0.295 e. The van der Waals surface area contributed by atoms with Gasteiger partial charge in [-0.15, -0.1) is 0 Å². The first-order valence-electron chi connectivity index (χ1n) is 6.24. The van der Waals surface area contributed by atoms with Crippen LogP contribution in [0.3, 0.4) is 0 Å². The van der Waals surface area contributed by atoms with E-state index in [0.29, 0.717) is 0 Å². The van der Waals surface area contributed by atoms with Gasteiger partial charge in [-0.05, 0) is 59.5 Å². The summed E-state index contributed by atoms with van der Waals surface area (Å²) in [5.74, 6) is -0.105. The lowest BCUT2D eigenvalue weighted by Gasteiger charge is -2.00. The van der Waals surface area contributed by atoms with Gasteiger partial charge < -0.3 is 0 Å². The third-order valence-corrected chi connectivity index (χ3v) is 2.53. The molecule has 0 rings (SSSR count). The monoisotopic (exact) mass is 233 g/mol. The zero-order valence-corrected chi connectivity index (χ0v) is 11.7. The molecule has 0 saturated heterocycles. The van der Waals surface area contributed by atoms with Crippen molar-refractivity contribution in [3.8, 4) is 0 Å². The highest BCUT2D eigenvalue weighted by atomic mass is 16.1. The molecule has 0 heterocycles. The van der Waals surface area contributed by atoms with Crippen LogP contribution in [0.4, 0.5) is 0 Å². The van der Waals surface area contributed by atoms with E-state index in [1.54, 1.807) is 6.08 Å². The van der Waals surface area contributed by atoms with Crippen molar-refractivity contribution < 1.29 is 4.79 Å². The topological polar surface area (TPSA) is 17.1 Å². The van der Waals surface area contributed by atoms with Crippen LogP contribution >= 0.6 is 0 Å². The van der Waals surface area contributed by atoms with Crippen LogP contribution in [0.1, 0.15) is 53.4 Å². The molecule has 0 aromatic heterocycles. The molecule has 0 N–H and O–H groups in total. The highest BCUT2D eigenvalue weighted by Crippen LogP contribution is 2.11. The highest BCUT2D eigenvalue weighted by Gasteiger charge is 1.93. The molecule has 0 aromatic rings. The Bertz CT molecular complexity index is 325. The van der Waals surface area contributed by atoms with Gasteiger partial charge in [0.1, 0.15) is 0 Å². The van der Waals surface area contributed by atoms with E-state index in [9.17, 15) is 4.79 Å². The predicted octanol–water partition coefficient (Wildman–Crippen LogP) is 4.81. The number of hydrogen-bond donors (Lipinski definition) is 0. The van der Waals surface area contributed by atoms with Crippen molar-refractivity contribution in [3.63, 3.8) is 0 Å². The van der Waals surface area contributed by atoms with Crippen LogP contribution in [-0.2, 0) is 4.79 Å². The summed E-state index contributed by atoms with van der Waals surface area (Å²) in [6, 6.07) is 0. The van der Waals surface area contributed by atoms with Gasteiger partial charge >= 0.3 is 0 Å². The minimum absolute atomic E-state index is 0.105. The second-order valence-electron chi connectivity index (χ2n) is 4.87. The first-order chi connectivity index (χ1) is 7.91. The molecule has 0 aliphatic rings. The lowest BCUT2D eigenvalue weighted by Crippen LogP contribution is -1.86. The summed E-state index contributed by atoms with van der Waals surface area (Å²) in [7, 11) is 0. The summed E-state index contributed by atoms with van der Waals surface area (Å²) in [6.45, 7) is 11.8. The minimum atomic E-state index is -0.105. The molecule has 0 aliphatic heterocycles. The van der Waals surface area contributed by atoms with Gasteiger partial charge in [-0.2, -0.15) is 0 Å². The van der Waals surface area contributed by atoms with Crippen molar-refractivity contribution in [2.24, 2.45) is 0 Å². The maximum atomic E-state index is 10.7. The number of ketones is 1. The highest BCUT2D eigenvalue weighted by molar-refractivity contribution is 5.93. The van der Waals surface area contributed by atoms with Gasteiger partial charge in [-0.25, -0.2) is 0 Å². The molecule has 0 bridgehead atoms. The zero-order chi connectivity index (χ0) is 13.3. The Morgan fingerprint density at radius 3 is 2.00 bits per heavy atom. The summed E-state index contributed by atoms with van der Waals surface area (Å²) in [6.07, 6.45) is 10.4. The molecule has 1 radical (unpaired) electrons. The average molecular weight is 233 g/mol. The van der Waals surface area contributed by atoms with Crippen LogP contribution in [-0.4, -0.2) is 5.78 Å². The molecule has 1 heteroatoms. The summed E-state index contributed by atoms with van der Waals surface area (Å²) >= 11 is 0. The summed E-state index contributed by atoms with van der Waals surface area (Å²) < 4.78 is 0. The fourth-order valence-corrected chi connectivity index (χ4v) is 1.58. The van der Waals surface area contributed by atoms with E-state index in [-0.39, 0.29) is 5.78 Å². The van der Waals surface area contributed by atoms with E-state index in [0.717, 1.165) is 31.3 Å². The predicted molar refractivity (Wildman–Crippen MR) is 75.8 cm³/mol. The van der Waals surface area contributed by atoms with Crippen LogP contribution in [0.15, 0.2) is 34.9 Å². The molecule has 0 unspecified atom stereocenters. The van der Waals surface area contributed by atoms with Gasteiger partial charge in [0.05, 0.1) is 0 Å². The van der Waals surface area contributed by atoms with Crippen molar-refractivity contribution >= 4 is 5.78 Å². The van der Waals surface area contributed by atoms with Crippen LogP contribution < -0.4 is 0 Å². The van der Waals surface area contributed by atoms with E-state index in [1.165, 1.54) is 11.1 Å². The second-order valence-corrected chi connectivity index (χ2v) is 4.87. The largest absolute Gasteiger partial charge is 0.295 e. The van der Waals surface area contributed by atoms with Crippen molar-refractivity contribution in [2.75, 3.05) is 0 Å². The summed E-state index contributed by atoms with van der Waals surface area (Å²) in [5, 5.41) is 0. The maximum Gasteiger partial charge on any atom is 0.156 e. The second kappa shape index (κ2) is 8.98. The number of carbonyl (C=O) groups is 1. The molecule has 0 saturated carbocycles. The van der Waals surface area contributed by atoms with Gasteiger partial charge in [0, 0.05) is 6.92 Å². The van der Waals surface area contributed by atoms with E-state index in [4.69, 9.17) is 0 Å². The van der Waals surface area contributed by atoms with Crippen molar-refractivity contribution in [3.05, 3.63) is 41.9 Å². The first kappa shape index (κ1) is 15.9. The Morgan fingerprint density at radius 2 is 1.47 bits per heavy atom. The van der Waals surface area contributed by atoms with Crippen LogP contribution in [0.2, 0.25) is 0 Å². The van der Waals surface area contributed by atoms with Crippen LogP contribution in [0, 0.1) is 6.92 Å². The van der Waals surface area contributed by atoms with Gasteiger partial charge in [-0.1, -0.05) is 28.9 Å².